The Labute approximate surface area is 99.3 Å². The summed E-state index contributed by atoms with van der Waals surface area (Å²) >= 11 is 0. The molecule has 16 heavy (non-hydrogen) atoms. The number of carbonyl (C=O) groups is 1. The molecule has 0 amide bonds. The highest BCUT2D eigenvalue weighted by molar-refractivity contribution is 5.91. The van der Waals surface area contributed by atoms with E-state index >= 15 is 0 Å². The maximum atomic E-state index is 12.7. The van der Waals surface area contributed by atoms with Crippen LogP contribution in [0.25, 0.3) is 0 Å². The molecule has 0 saturated heterocycles. The highest BCUT2D eigenvalue weighted by Gasteiger charge is 2.51. The summed E-state index contributed by atoms with van der Waals surface area (Å²) < 4.78 is 0. The molecule has 2 rings (SSSR count). The largest absolute Gasteiger partial charge is 0.298 e. The monoisotopic (exact) mass is 220 g/mol. The molecule has 0 N–H and O–H groups in total. The summed E-state index contributed by atoms with van der Waals surface area (Å²) in [5.41, 5.74) is 1.35. The van der Waals surface area contributed by atoms with Gasteiger partial charge in [0.15, 0.2) is 0 Å². The Kier molecular flexibility index (Phi) is 2.76. The van der Waals surface area contributed by atoms with E-state index in [1.165, 1.54) is 12.0 Å². The van der Waals surface area contributed by atoms with Gasteiger partial charge in [0, 0.05) is 10.8 Å². The fourth-order valence-corrected chi connectivity index (χ4v) is 3.74. The van der Waals surface area contributed by atoms with Crippen LogP contribution >= 0.6 is 0 Å². The van der Waals surface area contributed by atoms with Gasteiger partial charge in [0.05, 0.1) is 0 Å². The summed E-state index contributed by atoms with van der Waals surface area (Å²) in [7, 11) is 0. The smallest absolute Gasteiger partial charge is 0.145 e. The molecule has 0 bridgehead atoms. The van der Waals surface area contributed by atoms with E-state index in [4.69, 9.17) is 0 Å². The fraction of sp³-hybridized carbons (Fsp3) is 0.800. The second-order valence-corrected chi connectivity index (χ2v) is 6.52. The Morgan fingerprint density at radius 1 is 1.25 bits per heavy atom. The summed E-state index contributed by atoms with van der Waals surface area (Å²) in [4.78, 5) is 12.7. The fourth-order valence-electron chi connectivity index (χ4n) is 3.74. The summed E-state index contributed by atoms with van der Waals surface area (Å²) in [6.45, 7) is 8.70. The normalized spacial score (nSPS) is 38.6. The highest BCUT2D eigenvalue weighted by atomic mass is 16.1. The van der Waals surface area contributed by atoms with Gasteiger partial charge in [-0.25, -0.2) is 0 Å². The van der Waals surface area contributed by atoms with Crippen molar-refractivity contribution in [2.45, 2.75) is 59.8 Å². The predicted octanol–water partition coefficient (Wildman–Crippen LogP) is 4.13. The lowest BCUT2D eigenvalue weighted by Crippen LogP contribution is -2.48. The number of rotatable bonds is 0. The average molecular weight is 220 g/mol. The van der Waals surface area contributed by atoms with E-state index in [9.17, 15) is 4.79 Å². The Bertz CT molecular complexity index is 337. The van der Waals surface area contributed by atoms with Crippen molar-refractivity contribution in [1.29, 1.82) is 0 Å². The molecule has 1 spiro atoms. The predicted molar refractivity (Wildman–Crippen MR) is 67.2 cm³/mol. The summed E-state index contributed by atoms with van der Waals surface area (Å²) in [5, 5.41) is 0. The Morgan fingerprint density at radius 2 is 1.94 bits per heavy atom. The molecule has 0 aromatic rings. The maximum Gasteiger partial charge on any atom is 0.145 e. The van der Waals surface area contributed by atoms with Gasteiger partial charge >= 0.3 is 0 Å². The zero-order valence-corrected chi connectivity index (χ0v) is 11.1. The van der Waals surface area contributed by atoms with E-state index in [0.717, 1.165) is 25.7 Å². The Morgan fingerprint density at radius 3 is 2.56 bits per heavy atom. The van der Waals surface area contributed by atoms with Crippen LogP contribution in [0.4, 0.5) is 0 Å². The van der Waals surface area contributed by atoms with Gasteiger partial charge in [0.2, 0.25) is 0 Å². The molecule has 0 aliphatic heterocycles. The molecule has 1 fully saturated rings. The molecule has 2 aliphatic carbocycles. The van der Waals surface area contributed by atoms with Gasteiger partial charge in [-0.1, -0.05) is 38.8 Å². The second kappa shape index (κ2) is 3.72. The standard InChI is InChI=1S/C15H24O/c1-11-6-9-15(12(2)10-11)8-5-7-14(3,4)13(15)16/h10,12H,5-9H2,1-4H3. The third-order valence-electron chi connectivity index (χ3n) is 4.86. The second-order valence-electron chi connectivity index (χ2n) is 6.52. The lowest BCUT2D eigenvalue weighted by Gasteiger charge is -2.48. The van der Waals surface area contributed by atoms with Gasteiger partial charge in [0.1, 0.15) is 5.78 Å². The van der Waals surface area contributed by atoms with Crippen LogP contribution in [-0.4, -0.2) is 5.78 Å². The van der Waals surface area contributed by atoms with E-state index < -0.39 is 0 Å². The molecular formula is C15H24O. The van der Waals surface area contributed by atoms with Crippen molar-refractivity contribution in [3.05, 3.63) is 11.6 Å². The molecule has 0 radical (unpaired) electrons. The van der Waals surface area contributed by atoms with E-state index in [2.05, 4.69) is 33.8 Å². The highest BCUT2D eigenvalue weighted by Crippen LogP contribution is 2.52. The topological polar surface area (TPSA) is 17.1 Å². The number of carbonyl (C=O) groups excluding carboxylic acids is 1. The molecule has 1 heteroatoms. The first-order valence-electron chi connectivity index (χ1n) is 6.61. The minimum absolute atomic E-state index is 0.0265. The molecule has 2 unspecified atom stereocenters. The summed E-state index contributed by atoms with van der Waals surface area (Å²) in [6.07, 6.45) is 7.94. The molecule has 0 aromatic heterocycles. The summed E-state index contributed by atoms with van der Waals surface area (Å²) in [6, 6.07) is 0. The van der Waals surface area contributed by atoms with Crippen molar-refractivity contribution in [3.63, 3.8) is 0 Å². The van der Waals surface area contributed by atoms with Crippen molar-refractivity contribution in [2.24, 2.45) is 16.7 Å². The van der Waals surface area contributed by atoms with Crippen LogP contribution in [0.1, 0.15) is 59.8 Å². The Hall–Kier alpha value is -0.590. The molecular weight excluding hydrogens is 196 g/mol. The molecule has 0 aromatic carbocycles. The number of hydrogen-bond donors (Lipinski definition) is 0. The third-order valence-corrected chi connectivity index (χ3v) is 4.86. The van der Waals surface area contributed by atoms with Gasteiger partial charge < -0.3 is 0 Å². The molecule has 1 nitrogen and oxygen atoms in total. The van der Waals surface area contributed by atoms with Gasteiger partial charge in [-0.05, 0) is 38.5 Å². The minimum atomic E-state index is -0.0917. The van der Waals surface area contributed by atoms with Crippen LogP contribution in [0.3, 0.4) is 0 Å². The van der Waals surface area contributed by atoms with Crippen LogP contribution in [0.5, 0.6) is 0 Å². The zero-order valence-electron chi connectivity index (χ0n) is 11.1. The minimum Gasteiger partial charge on any atom is -0.298 e. The quantitative estimate of drug-likeness (QED) is 0.561. The lowest BCUT2D eigenvalue weighted by atomic mass is 9.54. The number of ketones is 1. The number of hydrogen-bond acceptors (Lipinski definition) is 1. The average Bonchev–Trinajstić information content (AvgIpc) is 2.19. The SMILES string of the molecule is CC1=CC(C)C2(CCCC(C)(C)C2=O)CC1. The molecule has 2 atom stereocenters. The van der Waals surface area contributed by atoms with E-state index in [1.807, 2.05) is 0 Å². The first-order chi connectivity index (χ1) is 7.38. The van der Waals surface area contributed by atoms with Crippen LogP contribution < -0.4 is 0 Å². The van der Waals surface area contributed by atoms with Crippen molar-refractivity contribution >= 4 is 5.78 Å². The van der Waals surface area contributed by atoms with Crippen LogP contribution in [-0.2, 0) is 4.79 Å². The third kappa shape index (κ3) is 1.65. The van der Waals surface area contributed by atoms with E-state index in [0.29, 0.717) is 11.7 Å². The first kappa shape index (κ1) is 11.9. The van der Waals surface area contributed by atoms with E-state index in [-0.39, 0.29) is 10.8 Å². The van der Waals surface area contributed by atoms with Gasteiger partial charge in [0.25, 0.3) is 0 Å². The molecule has 0 heterocycles. The van der Waals surface area contributed by atoms with Crippen molar-refractivity contribution in [2.75, 3.05) is 0 Å². The first-order valence-corrected chi connectivity index (χ1v) is 6.61. The van der Waals surface area contributed by atoms with E-state index in [1.54, 1.807) is 0 Å². The maximum absolute atomic E-state index is 12.7. The Balaban J connectivity index is 2.35. The van der Waals surface area contributed by atoms with Gasteiger partial charge in [-0.2, -0.15) is 0 Å². The molecule has 2 aliphatic rings. The van der Waals surface area contributed by atoms with Crippen molar-refractivity contribution in [1.82, 2.24) is 0 Å². The lowest BCUT2D eigenvalue weighted by molar-refractivity contribution is -0.145. The number of allylic oxidation sites excluding steroid dienone is 2. The molecule has 1 saturated carbocycles. The van der Waals surface area contributed by atoms with Crippen LogP contribution in [0.2, 0.25) is 0 Å². The van der Waals surface area contributed by atoms with Crippen molar-refractivity contribution in [3.8, 4) is 0 Å². The summed E-state index contributed by atoms with van der Waals surface area (Å²) in [5.74, 6) is 0.968. The number of Topliss-reactive ketones (excluding diaryl/α,β-unsaturated/α-hetero) is 1. The molecule has 90 valence electrons. The van der Waals surface area contributed by atoms with Crippen LogP contribution in [0, 0.1) is 16.7 Å². The zero-order chi connectivity index (χ0) is 12.0. The van der Waals surface area contributed by atoms with Gasteiger partial charge in [-0.3, -0.25) is 4.79 Å². The van der Waals surface area contributed by atoms with Crippen LogP contribution in [0.15, 0.2) is 11.6 Å². The van der Waals surface area contributed by atoms with Crippen molar-refractivity contribution < 1.29 is 4.79 Å². The van der Waals surface area contributed by atoms with Gasteiger partial charge in [-0.15, -0.1) is 0 Å².